The van der Waals surface area contributed by atoms with Crippen LogP contribution in [0.4, 0.5) is 0 Å². The molecule has 1 fully saturated rings. The first-order valence-corrected chi connectivity index (χ1v) is 11.6. The SMILES string of the molecule is COc1cc(OC)nc(C(NC(=O)C2CCN(Cc3cccnc3)CC2)c2ccc(Cl)cc2)n1. The van der Waals surface area contributed by atoms with Crippen molar-refractivity contribution < 1.29 is 14.3 Å². The minimum absolute atomic E-state index is 0.0219. The van der Waals surface area contributed by atoms with Gasteiger partial charge in [-0.05, 0) is 55.3 Å². The lowest BCUT2D eigenvalue weighted by Gasteiger charge is -2.32. The minimum Gasteiger partial charge on any atom is -0.481 e. The molecule has 1 saturated heterocycles. The minimum atomic E-state index is -0.567. The zero-order valence-corrected chi connectivity index (χ0v) is 20.0. The lowest BCUT2D eigenvalue weighted by molar-refractivity contribution is -0.127. The monoisotopic (exact) mass is 481 g/mol. The summed E-state index contributed by atoms with van der Waals surface area (Å²) in [6.45, 7) is 2.54. The van der Waals surface area contributed by atoms with Crippen LogP contribution in [0.1, 0.15) is 35.8 Å². The maximum atomic E-state index is 13.3. The van der Waals surface area contributed by atoms with Crippen molar-refractivity contribution in [3.05, 3.63) is 76.8 Å². The van der Waals surface area contributed by atoms with Gasteiger partial charge in [-0.3, -0.25) is 14.7 Å². The first-order chi connectivity index (χ1) is 16.6. The van der Waals surface area contributed by atoms with Crippen LogP contribution >= 0.6 is 11.6 Å². The number of piperidine rings is 1. The number of aromatic nitrogens is 3. The summed E-state index contributed by atoms with van der Waals surface area (Å²) in [6.07, 6.45) is 5.22. The van der Waals surface area contributed by atoms with E-state index in [1.165, 1.54) is 19.8 Å². The van der Waals surface area contributed by atoms with E-state index in [0.29, 0.717) is 22.6 Å². The molecule has 9 heteroatoms. The number of likely N-dealkylation sites (tertiary alicyclic amines) is 1. The van der Waals surface area contributed by atoms with Gasteiger partial charge < -0.3 is 14.8 Å². The molecule has 1 aromatic carbocycles. The first-order valence-electron chi connectivity index (χ1n) is 11.2. The number of carbonyl (C=O) groups excluding carboxylic acids is 1. The number of pyridine rings is 1. The van der Waals surface area contributed by atoms with Crippen molar-refractivity contribution in [1.29, 1.82) is 0 Å². The Hall–Kier alpha value is -3.23. The molecule has 1 N–H and O–H groups in total. The topological polar surface area (TPSA) is 89.5 Å². The Labute approximate surface area is 204 Å². The van der Waals surface area contributed by atoms with Gasteiger partial charge in [-0.15, -0.1) is 0 Å². The predicted molar refractivity (Wildman–Crippen MR) is 129 cm³/mol. The van der Waals surface area contributed by atoms with Crippen LogP contribution < -0.4 is 14.8 Å². The number of halogens is 1. The number of rotatable bonds is 8. The summed E-state index contributed by atoms with van der Waals surface area (Å²) < 4.78 is 10.6. The van der Waals surface area contributed by atoms with E-state index in [-0.39, 0.29) is 11.8 Å². The second kappa shape index (κ2) is 11.3. The van der Waals surface area contributed by atoms with Gasteiger partial charge in [0.05, 0.1) is 20.3 Å². The van der Waals surface area contributed by atoms with Crippen molar-refractivity contribution in [2.45, 2.75) is 25.4 Å². The molecule has 0 radical (unpaired) electrons. The number of benzene rings is 1. The number of amides is 1. The van der Waals surface area contributed by atoms with Crippen LogP contribution in [0.3, 0.4) is 0 Å². The first kappa shape index (κ1) is 23.9. The van der Waals surface area contributed by atoms with E-state index < -0.39 is 6.04 Å². The highest BCUT2D eigenvalue weighted by atomic mass is 35.5. The molecule has 8 nitrogen and oxygen atoms in total. The lowest BCUT2D eigenvalue weighted by Crippen LogP contribution is -2.41. The summed E-state index contributed by atoms with van der Waals surface area (Å²) >= 11 is 6.09. The van der Waals surface area contributed by atoms with E-state index in [0.717, 1.165) is 38.0 Å². The predicted octanol–water partition coefficient (Wildman–Crippen LogP) is 3.66. The van der Waals surface area contributed by atoms with Gasteiger partial charge in [-0.25, -0.2) is 0 Å². The summed E-state index contributed by atoms with van der Waals surface area (Å²) in [5.74, 6) is 0.997. The Bertz CT molecular complexity index is 1070. The normalized spacial score (nSPS) is 15.5. The Kier molecular flexibility index (Phi) is 7.92. The van der Waals surface area contributed by atoms with Crippen molar-refractivity contribution >= 4 is 17.5 Å². The van der Waals surface area contributed by atoms with Crippen molar-refractivity contribution in [3.8, 4) is 11.8 Å². The zero-order chi connectivity index (χ0) is 23.9. The number of ether oxygens (including phenoxy) is 2. The van der Waals surface area contributed by atoms with Crippen molar-refractivity contribution in [2.75, 3.05) is 27.3 Å². The third kappa shape index (κ3) is 6.01. The van der Waals surface area contributed by atoms with Gasteiger partial charge in [-0.1, -0.05) is 29.8 Å². The smallest absolute Gasteiger partial charge is 0.224 e. The molecule has 1 atom stereocenters. The van der Waals surface area contributed by atoms with Crippen LogP contribution in [0, 0.1) is 5.92 Å². The molecule has 1 amide bonds. The van der Waals surface area contributed by atoms with E-state index in [1.54, 1.807) is 24.4 Å². The van der Waals surface area contributed by atoms with Crippen molar-refractivity contribution in [3.63, 3.8) is 0 Å². The van der Waals surface area contributed by atoms with E-state index in [2.05, 4.69) is 31.2 Å². The van der Waals surface area contributed by atoms with Gasteiger partial charge in [0.15, 0.2) is 5.82 Å². The third-order valence-electron chi connectivity index (χ3n) is 5.95. The maximum absolute atomic E-state index is 13.3. The number of nitrogens with zero attached hydrogens (tertiary/aromatic N) is 4. The molecule has 1 aliphatic rings. The lowest BCUT2D eigenvalue weighted by atomic mass is 9.94. The Morgan fingerprint density at radius 1 is 1.12 bits per heavy atom. The van der Waals surface area contributed by atoms with Gasteiger partial charge in [0.25, 0.3) is 0 Å². The molecular formula is C25H28ClN5O3. The van der Waals surface area contributed by atoms with Gasteiger partial charge in [-0.2, -0.15) is 9.97 Å². The average Bonchev–Trinajstić information content (AvgIpc) is 2.88. The summed E-state index contributed by atoms with van der Waals surface area (Å²) in [6, 6.07) is 12.3. The van der Waals surface area contributed by atoms with Crippen LogP contribution in [0.15, 0.2) is 54.9 Å². The van der Waals surface area contributed by atoms with E-state index in [1.807, 2.05) is 24.4 Å². The molecule has 1 unspecified atom stereocenters. The second-order valence-electron chi connectivity index (χ2n) is 8.22. The number of carbonyl (C=O) groups is 1. The molecule has 0 saturated carbocycles. The number of hydrogen-bond donors (Lipinski definition) is 1. The zero-order valence-electron chi connectivity index (χ0n) is 19.3. The fraction of sp³-hybridized carbons (Fsp3) is 0.360. The molecule has 0 spiro atoms. The van der Waals surface area contributed by atoms with E-state index in [9.17, 15) is 4.79 Å². The fourth-order valence-electron chi connectivity index (χ4n) is 4.07. The number of methoxy groups -OCH3 is 2. The van der Waals surface area contributed by atoms with Crippen molar-refractivity contribution in [2.24, 2.45) is 5.92 Å². The van der Waals surface area contributed by atoms with E-state index >= 15 is 0 Å². The molecular weight excluding hydrogens is 454 g/mol. The summed E-state index contributed by atoms with van der Waals surface area (Å²) in [5.41, 5.74) is 2.00. The summed E-state index contributed by atoms with van der Waals surface area (Å²) in [5, 5.41) is 3.77. The highest BCUT2D eigenvalue weighted by Gasteiger charge is 2.29. The standard InChI is InChI=1S/C25H28ClN5O3/c1-33-21-14-22(34-2)29-24(28-21)23(18-5-7-20(26)8-6-18)30-25(32)19-9-12-31(13-10-19)16-17-4-3-11-27-15-17/h3-8,11,14-15,19,23H,9-10,12-13,16H2,1-2H3,(H,30,32). The number of nitrogens with one attached hydrogen (secondary N) is 1. The second-order valence-corrected chi connectivity index (χ2v) is 8.65. The van der Waals surface area contributed by atoms with Crippen LogP contribution in [-0.2, 0) is 11.3 Å². The maximum Gasteiger partial charge on any atom is 0.224 e. The Balaban J connectivity index is 1.48. The highest BCUT2D eigenvalue weighted by Crippen LogP contribution is 2.27. The van der Waals surface area contributed by atoms with Gasteiger partial charge in [0.2, 0.25) is 17.7 Å². The fourth-order valence-corrected chi connectivity index (χ4v) is 4.20. The molecule has 2 aromatic heterocycles. The number of hydrogen-bond acceptors (Lipinski definition) is 7. The molecule has 0 aliphatic carbocycles. The Morgan fingerprint density at radius 2 is 1.79 bits per heavy atom. The largest absolute Gasteiger partial charge is 0.481 e. The molecule has 34 heavy (non-hydrogen) atoms. The van der Waals surface area contributed by atoms with Gasteiger partial charge in [0, 0.05) is 29.9 Å². The molecule has 1 aliphatic heterocycles. The van der Waals surface area contributed by atoms with E-state index in [4.69, 9.17) is 21.1 Å². The molecule has 3 aromatic rings. The highest BCUT2D eigenvalue weighted by molar-refractivity contribution is 6.30. The third-order valence-corrected chi connectivity index (χ3v) is 6.20. The van der Waals surface area contributed by atoms with Crippen LogP contribution in [-0.4, -0.2) is 53.1 Å². The average molecular weight is 482 g/mol. The molecule has 178 valence electrons. The van der Waals surface area contributed by atoms with Crippen LogP contribution in [0.25, 0.3) is 0 Å². The van der Waals surface area contributed by atoms with Crippen molar-refractivity contribution in [1.82, 2.24) is 25.2 Å². The van der Waals surface area contributed by atoms with Gasteiger partial charge in [0.1, 0.15) is 6.04 Å². The van der Waals surface area contributed by atoms with Gasteiger partial charge >= 0.3 is 0 Å². The molecule has 4 rings (SSSR count). The summed E-state index contributed by atoms with van der Waals surface area (Å²) in [4.78, 5) is 28.8. The molecule has 0 bridgehead atoms. The summed E-state index contributed by atoms with van der Waals surface area (Å²) in [7, 11) is 3.06. The van der Waals surface area contributed by atoms with Crippen LogP contribution in [0.5, 0.6) is 11.8 Å². The van der Waals surface area contributed by atoms with Crippen LogP contribution in [0.2, 0.25) is 5.02 Å². The quantitative estimate of drug-likeness (QED) is 0.525. The molecule has 3 heterocycles. The Morgan fingerprint density at radius 3 is 2.38 bits per heavy atom.